The molecule has 0 spiro atoms. The topological polar surface area (TPSA) is 78.3 Å². The zero-order valence-electron chi connectivity index (χ0n) is 16.3. The zero-order chi connectivity index (χ0) is 21.8. The number of carbonyl (C=O) groups excluding carboxylic acids is 2. The molecule has 7 heteroatoms. The summed E-state index contributed by atoms with van der Waals surface area (Å²) in [5, 5.41) is 4.83. The van der Waals surface area contributed by atoms with E-state index >= 15 is 0 Å². The molecule has 0 aliphatic heterocycles. The molecular weight excluding hydrogens is 399 g/mol. The molecule has 0 fully saturated rings. The molecule has 0 saturated carbocycles. The van der Waals surface area contributed by atoms with Gasteiger partial charge in [-0.3, -0.25) is 9.59 Å². The summed E-state index contributed by atoms with van der Waals surface area (Å²) in [6, 6.07) is 21.2. The van der Waals surface area contributed by atoms with E-state index in [0.717, 1.165) is 11.6 Å². The standard InChI is InChI=1S/C24H17FN2O4/c25-20-13-7-6-12-19(20)21(28)15-31-24(30)22-17-10-4-5-11-18(17)23(29)27(26-22)14-16-8-2-1-3-9-16/h1-13H,14-15H2. The lowest BCUT2D eigenvalue weighted by molar-refractivity contribution is 0.0467. The summed E-state index contributed by atoms with van der Waals surface area (Å²) in [6.07, 6.45) is 0. The predicted octanol–water partition coefficient (Wildman–Crippen LogP) is 3.62. The van der Waals surface area contributed by atoms with Gasteiger partial charge in [0, 0.05) is 5.39 Å². The van der Waals surface area contributed by atoms with Gasteiger partial charge < -0.3 is 4.74 Å². The number of Topliss-reactive ketones (excluding diaryl/α,β-unsaturated/α-hetero) is 1. The molecule has 4 aromatic rings. The molecule has 0 saturated heterocycles. The third kappa shape index (κ3) is 4.25. The van der Waals surface area contributed by atoms with Crippen LogP contribution in [0.15, 0.2) is 83.7 Å². The highest BCUT2D eigenvalue weighted by Gasteiger charge is 2.20. The van der Waals surface area contributed by atoms with Crippen molar-refractivity contribution in [3.8, 4) is 0 Å². The normalized spacial score (nSPS) is 10.7. The molecule has 0 atom stereocenters. The molecular formula is C24H17FN2O4. The number of hydrogen-bond acceptors (Lipinski definition) is 5. The first-order valence-electron chi connectivity index (χ1n) is 9.53. The molecule has 0 aliphatic rings. The van der Waals surface area contributed by atoms with Crippen molar-refractivity contribution >= 4 is 22.5 Å². The second kappa shape index (κ2) is 8.71. The van der Waals surface area contributed by atoms with Crippen molar-refractivity contribution in [3.05, 3.63) is 112 Å². The maximum absolute atomic E-state index is 13.8. The molecule has 4 rings (SSSR count). The summed E-state index contributed by atoms with van der Waals surface area (Å²) in [5.74, 6) is -2.24. The molecule has 0 amide bonds. The van der Waals surface area contributed by atoms with Crippen LogP contribution in [0.5, 0.6) is 0 Å². The van der Waals surface area contributed by atoms with Crippen molar-refractivity contribution in [1.29, 1.82) is 0 Å². The van der Waals surface area contributed by atoms with E-state index in [2.05, 4.69) is 5.10 Å². The van der Waals surface area contributed by atoms with Gasteiger partial charge >= 0.3 is 5.97 Å². The van der Waals surface area contributed by atoms with Crippen molar-refractivity contribution in [2.75, 3.05) is 6.61 Å². The summed E-state index contributed by atoms with van der Waals surface area (Å²) >= 11 is 0. The molecule has 0 bridgehead atoms. The number of aromatic nitrogens is 2. The second-order valence-corrected chi connectivity index (χ2v) is 6.82. The number of halogens is 1. The smallest absolute Gasteiger partial charge is 0.359 e. The van der Waals surface area contributed by atoms with E-state index in [4.69, 9.17) is 4.74 Å². The molecule has 1 aromatic heterocycles. The van der Waals surface area contributed by atoms with Crippen LogP contribution in [0, 0.1) is 5.82 Å². The van der Waals surface area contributed by atoms with Gasteiger partial charge in [-0.1, -0.05) is 60.7 Å². The molecule has 0 aliphatic carbocycles. The number of fused-ring (bicyclic) bond motifs is 1. The first kappa shape index (κ1) is 20.2. The summed E-state index contributed by atoms with van der Waals surface area (Å²) in [6.45, 7) is -0.480. The number of hydrogen-bond donors (Lipinski definition) is 0. The zero-order valence-corrected chi connectivity index (χ0v) is 16.3. The number of rotatable bonds is 6. The molecule has 31 heavy (non-hydrogen) atoms. The lowest BCUT2D eigenvalue weighted by Crippen LogP contribution is -2.27. The van der Waals surface area contributed by atoms with Gasteiger partial charge in [-0.15, -0.1) is 0 Å². The van der Waals surface area contributed by atoms with E-state index in [0.29, 0.717) is 10.8 Å². The number of benzene rings is 3. The monoisotopic (exact) mass is 416 g/mol. The molecule has 3 aromatic carbocycles. The summed E-state index contributed by atoms with van der Waals surface area (Å²) in [7, 11) is 0. The average Bonchev–Trinajstić information content (AvgIpc) is 2.80. The van der Waals surface area contributed by atoms with Crippen LogP contribution in [0.1, 0.15) is 26.4 Å². The highest BCUT2D eigenvalue weighted by Crippen LogP contribution is 2.15. The number of carbonyl (C=O) groups is 2. The molecule has 1 heterocycles. The SMILES string of the molecule is O=C(COC(=O)c1nn(Cc2ccccc2)c(=O)c2ccccc12)c1ccccc1F. The Balaban J connectivity index is 1.65. The second-order valence-electron chi connectivity index (χ2n) is 6.82. The van der Waals surface area contributed by atoms with Crippen molar-refractivity contribution in [3.63, 3.8) is 0 Å². The summed E-state index contributed by atoms with van der Waals surface area (Å²) in [5.41, 5.74) is 0.231. The summed E-state index contributed by atoms with van der Waals surface area (Å²) < 4.78 is 20.1. The number of esters is 1. The van der Waals surface area contributed by atoms with Crippen LogP contribution in [0.25, 0.3) is 10.8 Å². The lowest BCUT2D eigenvalue weighted by atomic mass is 10.1. The van der Waals surface area contributed by atoms with Gasteiger partial charge in [0.15, 0.2) is 12.3 Å². The fourth-order valence-corrected chi connectivity index (χ4v) is 3.21. The third-order valence-electron chi connectivity index (χ3n) is 4.74. The van der Waals surface area contributed by atoms with Crippen LogP contribution in [0.3, 0.4) is 0 Å². The van der Waals surface area contributed by atoms with Gasteiger partial charge in [-0.25, -0.2) is 13.9 Å². The Morgan fingerprint density at radius 2 is 1.52 bits per heavy atom. The Kier molecular flexibility index (Phi) is 5.66. The highest BCUT2D eigenvalue weighted by molar-refractivity contribution is 6.04. The van der Waals surface area contributed by atoms with Gasteiger partial charge in [0.05, 0.1) is 17.5 Å². The van der Waals surface area contributed by atoms with Crippen LogP contribution in [-0.4, -0.2) is 28.1 Å². The number of ketones is 1. The largest absolute Gasteiger partial charge is 0.452 e. The molecule has 0 unspecified atom stereocenters. The average molecular weight is 416 g/mol. The van der Waals surface area contributed by atoms with Gasteiger partial charge in [0.2, 0.25) is 5.78 Å². The highest BCUT2D eigenvalue weighted by atomic mass is 19.1. The van der Waals surface area contributed by atoms with Gasteiger partial charge in [0.1, 0.15) is 5.82 Å². The molecule has 0 radical (unpaired) electrons. The molecule has 0 N–H and O–H groups in total. The first-order valence-corrected chi connectivity index (χ1v) is 9.53. The van der Waals surface area contributed by atoms with Gasteiger partial charge in [-0.05, 0) is 23.8 Å². The van der Waals surface area contributed by atoms with Crippen LogP contribution < -0.4 is 5.56 Å². The van der Waals surface area contributed by atoms with E-state index in [1.807, 2.05) is 30.3 Å². The maximum Gasteiger partial charge on any atom is 0.359 e. The first-order chi connectivity index (χ1) is 15.0. The van der Waals surface area contributed by atoms with Crippen molar-refractivity contribution in [2.45, 2.75) is 6.54 Å². The minimum atomic E-state index is -0.872. The molecule has 6 nitrogen and oxygen atoms in total. The maximum atomic E-state index is 13.8. The van der Waals surface area contributed by atoms with Crippen LogP contribution in [0.2, 0.25) is 0 Å². The van der Waals surface area contributed by atoms with Gasteiger partial charge in [-0.2, -0.15) is 5.10 Å². The number of nitrogens with zero attached hydrogens (tertiary/aromatic N) is 2. The van der Waals surface area contributed by atoms with Crippen molar-refractivity contribution < 1.29 is 18.7 Å². The van der Waals surface area contributed by atoms with E-state index in [9.17, 15) is 18.8 Å². The van der Waals surface area contributed by atoms with Crippen molar-refractivity contribution in [2.24, 2.45) is 0 Å². The van der Waals surface area contributed by atoms with Crippen LogP contribution in [-0.2, 0) is 11.3 Å². The quantitative estimate of drug-likeness (QED) is 0.354. The minimum Gasteiger partial charge on any atom is -0.452 e. The Hall–Kier alpha value is -4.13. The Morgan fingerprint density at radius 1 is 0.871 bits per heavy atom. The third-order valence-corrected chi connectivity index (χ3v) is 4.74. The van der Waals surface area contributed by atoms with Crippen LogP contribution >= 0.6 is 0 Å². The van der Waals surface area contributed by atoms with Crippen molar-refractivity contribution in [1.82, 2.24) is 9.78 Å². The van der Waals surface area contributed by atoms with Gasteiger partial charge in [0.25, 0.3) is 5.56 Å². The lowest BCUT2D eigenvalue weighted by Gasteiger charge is -2.11. The Bertz CT molecular complexity index is 1330. The minimum absolute atomic E-state index is 0.0903. The fraction of sp³-hybridized carbons (Fsp3) is 0.0833. The number of ether oxygens (including phenoxy) is 1. The Morgan fingerprint density at radius 3 is 2.26 bits per heavy atom. The molecule has 154 valence electrons. The van der Waals surface area contributed by atoms with E-state index in [1.54, 1.807) is 24.3 Å². The Labute approximate surface area is 176 Å². The van der Waals surface area contributed by atoms with E-state index in [1.165, 1.54) is 22.9 Å². The van der Waals surface area contributed by atoms with E-state index < -0.39 is 24.2 Å². The summed E-state index contributed by atoms with van der Waals surface area (Å²) in [4.78, 5) is 37.8. The van der Waals surface area contributed by atoms with Crippen LogP contribution in [0.4, 0.5) is 4.39 Å². The predicted molar refractivity (Wildman–Crippen MR) is 113 cm³/mol. The van der Waals surface area contributed by atoms with E-state index in [-0.39, 0.29) is 23.4 Å². The fourth-order valence-electron chi connectivity index (χ4n) is 3.21.